The van der Waals surface area contributed by atoms with E-state index in [0.29, 0.717) is 43.9 Å². The summed E-state index contributed by atoms with van der Waals surface area (Å²) in [5.74, 6) is 0.573. The molecule has 0 aliphatic heterocycles. The van der Waals surface area contributed by atoms with E-state index in [1.54, 1.807) is 25.1 Å². The number of nitrogens with one attached hydrogen (secondary N) is 1. The third-order valence-corrected chi connectivity index (χ3v) is 8.32. The number of rotatable bonds is 10. The molecule has 0 saturated carbocycles. The maximum absolute atomic E-state index is 12.8. The third kappa shape index (κ3) is 6.16. The number of fused-ring (bicyclic) bond motifs is 1. The lowest BCUT2D eigenvalue weighted by Crippen LogP contribution is -2.17. The van der Waals surface area contributed by atoms with Gasteiger partial charge in [-0.3, -0.25) is 4.79 Å². The lowest BCUT2D eigenvalue weighted by Gasteiger charge is -2.12. The zero-order valence-corrected chi connectivity index (χ0v) is 23.1. The van der Waals surface area contributed by atoms with Gasteiger partial charge in [-0.2, -0.15) is 0 Å². The van der Waals surface area contributed by atoms with Gasteiger partial charge in [-0.05, 0) is 57.2 Å². The van der Waals surface area contributed by atoms with E-state index < -0.39 is 0 Å². The molecule has 0 radical (unpaired) electrons. The number of benzene rings is 1. The molecule has 0 saturated heterocycles. The van der Waals surface area contributed by atoms with E-state index in [-0.39, 0.29) is 30.8 Å². The Balaban J connectivity index is 1.41. The molecule has 2 heterocycles. The first-order chi connectivity index (χ1) is 17.4. The van der Waals surface area contributed by atoms with Gasteiger partial charge in [-0.15, -0.1) is 21.5 Å². The van der Waals surface area contributed by atoms with E-state index in [9.17, 15) is 9.59 Å². The molecule has 0 spiro atoms. The summed E-state index contributed by atoms with van der Waals surface area (Å²) in [6.45, 7) is 4.78. The minimum absolute atomic E-state index is 0.115. The van der Waals surface area contributed by atoms with E-state index in [1.807, 2.05) is 11.5 Å². The smallest absolute Gasteiger partial charge is 0.341 e. The molecule has 1 N–H and O–H groups in total. The van der Waals surface area contributed by atoms with Crippen LogP contribution in [-0.4, -0.2) is 39.0 Å². The fourth-order valence-corrected chi connectivity index (χ4v) is 6.40. The molecule has 0 unspecified atom stereocenters. The number of hydrogen-bond donors (Lipinski definition) is 1. The van der Waals surface area contributed by atoms with Crippen LogP contribution in [-0.2, 0) is 35.5 Å². The molecule has 3 aromatic rings. The summed E-state index contributed by atoms with van der Waals surface area (Å²) in [6, 6.07) is 5.00. The van der Waals surface area contributed by atoms with E-state index in [0.717, 1.165) is 36.1 Å². The van der Waals surface area contributed by atoms with Crippen molar-refractivity contribution in [1.29, 1.82) is 0 Å². The Morgan fingerprint density at radius 2 is 2.00 bits per heavy atom. The van der Waals surface area contributed by atoms with Crippen LogP contribution >= 0.6 is 46.3 Å². The van der Waals surface area contributed by atoms with Gasteiger partial charge in [0.05, 0.1) is 22.9 Å². The number of carbonyl (C=O) groups is 2. The van der Waals surface area contributed by atoms with Crippen molar-refractivity contribution < 1.29 is 19.1 Å². The molecular formula is C24H26Cl2N4O4S2. The second-order valence-corrected chi connectivity index (χ2v) is 10.9. The Morgan fingerprint density at radius 3 is 2.78 bits per heavy atom. The Morgan fingerprint density at radius 1 is 1.19 bits per heavy atom. The molecule has 192 valence electrons. The standard InChI is InChI=1S/C24H26Cl2N4O4S2/c1-3-30-19(12-34-17-11-14(25)9-10-16(17)26)28-29-24(30)35-13-20(31)27-22-21(23(32)33-4-2)15-7-5-6-8-18(15)36-22/h9-11H,3-8,12-13H2,1-2H3,(H,27,31). The molecule has 2 aromatic heterocycles. The summed E-state index contributed by atoms with van der Waals surface area (Å²) in [4.78, 5) is 26.6. The van der Waals surface area contributed by atoms with Crippen molar-refractivity contribution in [1.82, 2.24) is 14.8 Å². The molecule has 8 nitrogen and oxygen atoms in total. The Labute approximate surface area is 227 Å². The number of aromatic nitrogens is 3. The number of aryl methyl sites for hydroxylation is 1. The predicted molar refractivity (Wildman–Crippen MR) is 143 cm³/mol. The highest BCUT2D eigenvalue weighted by atomic mass is 35.5. The number of amides is 1. The van der Waals surface area contributed by atoms with Gasteiger partial charge in [0.15, 0.2) is 11.0 Å². The summed E-state index contributed by atoms with van der Waals surface area (Å²) in [7, 11) is 0. The SMILES string of the molecule is CCOC(=O)c1c(NC(=O)CSc2nnc(COc3cc(Cl)ccc3Cl)n2CC)sc2c1CCCC2. The van der Waals surface area contributed by atoms with Crippen LogP contribution in [0.3, 0.4) is 0 Å². The topological polar surface area (TPSA) is 95.3 Å². The number of esters is 1. The average Bonchev–Trinajstić information content (AvgIpc) is 3.43. The predicted octanol–water partition coefficient (Wildman–Crippen LogP) is 6.03. The van der Waals surface area contributed by atoms with Gasteiger partial charge >= 0.3 is 5.97 Å². The molecule has 1 aromatic carbocycles. The summed E-state index contributed by atoms with van der Waals surface area (Å²) in [5.41, 5.74) is 1.52. The van der Waals surface area contributed by atoms with Crippen LogP contribution in [0.2, 0.25) is 10.0 Å². The molecule has 0 fully saturated rings. The van der Waals surface area contributed by atoms with Crippen LogP contribution in [0.1, 0.15) is 53.3 Å². The fraction of sp³-hybridized carbons (Fsp3) is 0.417. The highest BCUT2D eigenvalue weighted by molar-refractivity contribution is 7.99. The lowest BCUT2D eigenvalue weighted by atomic mass is 9.95. The molecule has 1 amide bonds. The maximum atomic E-state index is 12.8. The fourth-order valence-electron chi connectivity index (χ4n) is 3.95. The highest BCUT2D eigenvalue weighted by Crippen LogP contribution is 2.38. The van der Waals surface area contributed by atoms with E-state index in [4.69, 9.17) is 32.7 Å². The van der Waals surface area contributed by atoms with Crippen molar-refractivity contribution in [3.05, 3.63) is 50.1 Å². The minimum Gasteiger partial charge on any atom is -0.484 e. The van der Waals surface area contributed by atoms with Gasteiger partial charge in [-0.1, -0.05) is 35.0 Å². The van der Waals surface area contributed by atoms with Crippen LogP contribution in [0, 0.1) is 0 Å². The van der Waals surface area contributed by atoms with Crippen LogP contribution in [0.5, 0.6) is 5.75 Å². The third-order valence-electron chi connectivity index (χ3n) is 5.60. The number of thiophene rings is 1. The first kappa shape index (κ1) is 26.8. The molecule has 36 heavy (non-hydrogen) atoms. The van der Waals surface area contributed by atoms with Crippen molar-refractivity contribution in [2.45, 2.75) is 57.8 Å². The summed E-state index contributed by atoms with van der Waals surface area (Å²) < 4.78 is 12.9. The second kappa shape index (κ2) is 12.3. The number of carbonyl (C=O) groups excluding carboxylic acids is 2. The molecular weight excluding hydrogens is 543 g/mol. The maximum Gasteiger partial charge on any atom is 0.341 e. The number of halogens is 2. The Kier molecular flexibility index (Phi) is 9.16. The number of anilines is 1. The molecule has 1 aliphatic rings. The molecule has 0 atom stereocenters. The Hall–Kier alpha value is -2.27. The van der Waals surface area contributed by atoms with Crippen molar-refractivity contribution in [2.24, 2.45) is 0 Å². The first-order valence-electron chi connectivity index (χ1n) is 11.6. The van der Waals surface area contributed by atoms with E-state index in [1.165, 1.54) is 23.1 Å². The minimum atomic E-state index is -0.380. The summed E-state index contributed by atoms with van der Waals surface area (Å²) in [5, 5.41) is 13.5. The van der Waals surface area contributed by atoms with Crippen LogP contribution in [0.25, 0.3) is 0 Å². The summed E-state index contributed by atoms with van der Waals surface area (Å²) in [6.07, 6.45) is 3.86. The van der Waals surface area contributed by atoms with Crippen molar-refractivity contribution >= 4 is 63.2 Å². The normalized spacial score (nSPS) is 12.8. The van der Waals surface area contributed by atoms with Crippen LogP contribution in [0.15, 0.2) is 23.4 Å². The van der Waals surface area contributed by atoms with Crippen molar-refractivity contribution in [3.8, 4) is 5.75 Å². The van der Waals surface area contributed by atoms with Gasteiger partial charge in [0.1, 0.15) is 17.4 Å². The summed E-state index contributed by atoms with van der Waals surface area (Å²) >= 11 is 14.9. The van der Waals surface area contributed by atoms with Gasteiger partial charge in [0, 0.05) is 22.5 Å². The van der Waals surface area contributed by atoms with Gasteiger partial charge in [-0.25, -0.2) is 4.79 Å². The number of hydrogen-bond acceptors (Lipinski definition) is 8. The first-order valence-corrected chi connectivity index (χ1v) is 14.2. The van der Waals surface area contributed by atoms with E-state index in [2.05, 4.69) is 15.5 Å². The molecule has 1 aliphatic carbocycles. The molecule has 4 rings (SSSR count). The second-order valence-electron chi connectivity index (χ2n) is 7.98. The largest absolute Gasteiger partial charge is 0.484 e. The highest BCUT2D eigenvalue weighted by Gasteiger charge is 2.27. The van der Waals surface area contributed by atoms with Gasteiger partial charge in [0.2, 0.25) is 5.91 Å². The lowest BCUT2D eigenvalue weighted by molar-refractivity contribution is -0.113. The van der Waals surface area contributed by atoms with Crippen LogP contribution < -0.4 is 10.1 Å². The van der Waals surface area contributed by atoms with Gasteiger partial charge < -0.3 is 19.4 Å². The number of thioether (sulfide) groups is 1. The van der Waals surface area contributed by atoms with Crippen molar-refractivity contribution in [2.75, 3.05) is 17.7 Å². The zero-order chi connectivity index (χ0) is 25.7. The Bertz CT molecular complexity index is 1260. The zero-order valence-electron chi connectivity index (χ0n) is 19.9. The number of nitrogens with zero attached hydrogens (tertiary/aromatic N) is 3. The quantitative estimate of drug-likeness (QED) is 0.235. The average molecular weight is 570 g/mol. The van der Waals surface area contributed by atoms with Gasteiger partial charge in [0.25, 0.3) is 0 Å². The molecule has 0 bridgehead atoms. The van der Waals surface area contributed by atoms with Crippen LogP contribution in [0.4, 0.5) is 5.00 Å². The van der Waals surface area contributed by atoms with E-state index >= 15 is 0 Å². The monoisotopic (exact) mass is 568 g/mol. The number of ether oxygens (including phenoxy) is 2. The van der Waals surface area contributed by atoms with Crippen molar-refractivity contribution in [3.63, 3.8) is 0 Å². The molecule has 12 heteroatoms.